The Morgan fingerprint density at radius 1 is 1.35 bits per heavy atom. The van der Waals surface area contributed by atoms with Crippen molar-refractivity contribution >= 4 is 16.9 Å². The normalized spacial score (nSPS) is 28.8. The van der Waals surface area contributed by atoms with Gasteiger partial charge in [-0.15, -0.1) is 0 Å². The summed E-state index contributed by atoms with van der Waals surface area (Å²) in [7, 11) is 3.66. The molecule has 2 aliphatic rings. The average Bonchev–Trinajstić information content (AvgIpc) is 2.96. The number of piperidine rings is 1. The summed E-state index contributed by atoms with van der Waals surface area (Å²) in [6.45, 7) is 2.99. The monoisotopic (exact) mass is 310 g/mol. The first-order valence-corrected chi connectivity index (χ1v) is 8.18. The van der Waals surface area contributed by atoms with Gasteiger partial charge < -0.3 is 9.30 Å². The summed E-state index contributed by atoms with van der Waals surface area (Å²) in [5, 5.41) is 1.19. The Hall–Kier alpha value is -2.07. The van der Waals surface area contributed by atoms with Crippen LogP contribution in [0.4, 0.5) is 0 Å². The third-order valence-corrected chi connectivity index (χ3v) is 5.51. The minimum atomic E-state index is -0.258. The number of carbonyl (C=O) groups excluding carboxylic acids is 1. The molecule has 3 atom stereocenters. The maximum atomic E-state index is 12.6. The summed E-state index contributed by atoms with van der Waals surface area (Å²) in [5.74, 6) is 0.0805. The van der Waals surface area contributed by atoms with Crippen molar-refractivity contribution in [1.82, 2.24) is 9.47 Å². The van der Waals surface area contributed by atoms with E-state index in [0.29, 0.717) is 6.04 Å². The quantitative estimate of drug-likeness (QED) is 0.599. The average molecular weight is 310 g/mol. The van der Waals surface area contributed by atoms with E-state index in [1.54, 1.807) is 0 Å². The lowest BCUT2D eigenvalue weighted by Gasteiger charge is -2.46. The zero-order valence-corrected chi connectivity index (χ0v) is 13.8. The lowest BCUT2D eigenvalue weighted by Crippen LogP contribution is -2.46. The minimum Gasteiger partial charge on any atom is -0.467 e. The van der Waals surface area contributed by atoms with Crippen molar-refractivity contribution < 1.29 is 9.53 Å². The summed E-state index contributed by atoms with van der Waals surface area (Å²) in [5.41, 5.74) is 3.69. The maximum absolute atomic E-state index is 12.6. The predicted molar refractivity (Wildman–Crippen MR) is 90.2 cm³/mol. The van der Waals surface area contributed by atoms with Gasteiger partial charge in [-0.25, -0.2) is 4.79 Å². The predicted octanol–water partition coefficient (Wildman–Crippen LogP) is 3.31. The number of esters is 1. The molecule has 0 N–H and O–H groups in total. The van der Waals surface area contributed by atoms with Crippen molar-refractivity contribution in [3.63, 3.8) is 0 Å². The van der Waals surface area contributed by atoms with E-state index < -0.39 is 0 Å². The molecule has 120 valence electrons. The molecule has 0 amide bonds. The topological polar surface area (TPSA) is 34.5 Å². The zero-order chi connectivity index (χ0) is 16.1. The lowest BCUT2D eigenvalue weighted by molar-refractivity contribution is -0.147. The van der Waals surface area contributed by atoms with Gasteiger partial charge in [0.05, 0.1) is 13.2 Å². The summed E-state index contributed by atoms with van der Waals surface area (Å²) in [6.07, 6.45) is 3.15. The fourth-order valence-electron chi connectivity index (χ4n) is 4.41. The Morgan fingerprint density at radius 3 is 2.87 bits per heavy atom. The second-order valence-electron chi connectivity index (χ2n) is 6.60. The Bertz CT molecular complexity index is 805. The van der Waals surface area contributed by atoms with Gasteiger partial charge >= 0.3 is 5.97 Å². The van der Waals surface area contributed by atoms with E-state index >= 15 is 0 Å². The standard InChI is InChI=1S/C19H22N2O2/c1-4-12-11-20(2)16-10-14(12)18(19(22)23-3)21-15-8-6-5-7-13(15)9-17(16)21/h4-9,14,16,18H,10-11H2,1-3H3/b12-4-/t14-,16-,18-/m0/s1. The Morgan fingerprint density at radius 2 is 2.13 bits per heavy atom. The van der Waals surface area contributed by atoms with Crippen LogP contribution in [-0.2, 0) is 9.53 Å². The molecule has 23 heavy (non-hydrogen) atoms. The fourth-order valence-corrected chi connectivity index (χ4v) is 4.41. The summed E-state index contributed by atoms with van der Waals surface area (Å²) in [4.78, 5) is 15.0. The lowest BCUT2D eigenvalue weighted by atomic mass is 9.77. The molecule has 1 fully saturated rings. The number of nitrogens with zero attached hydrogens (tertiary/aromatic N) is 2. The molecule has 1 saturated heterocycles. The molecule has 0 spiro atoms. The van der Waals surface area contributed by atoms with E-state index in [0.717, 1.165) is 18.5 Å². The highest BCUT2D eigenvalue weighted by atomic mass is 16.5. The zero-order valence-electron chi connectivity index (χ0n) is 13.8. The van der Waals surface area contributed by atoms with E-state index in [4.69, 9.17) is 4.74 Å². The van der Waals surface area contributed by atoms with Crippen molar-refractivity contribution in [2.75, 3.05) is 20.7 Å². The van der Waals surface area contributed by atoms with Crippen molar-refractivity contribution in [3.8, 4) is 0 Å². The van der Waals surface area contributed by atoms with E-state index in [-0.39, 0.29) is 17.9 Å². The van der Waals surface area contributed by atoms with Crippen LogP contribution in [0.15, 0.2) is 42.0 Å². The van der Waals surface area contributed by atoms with Crippen LogP contribution >= 0.6 is 0 Å². The van der Waals surface area contributed by atoms with Crippen molar-refractivity contribution in [1.29, 1.82) is 0 Å². The number of likely N-dealkylation sites (tertiary alicyclic amines) is 1. The molecule has 0 unspecified atom stereocenters. The molecular weight excluding hydrogens is 288 g/mol. The number of hydrogen-bond acceptors (Lipinski definition) is 3. The molecule has 0 saturated carbocycles. The van der Waals surface area contributed by atoms with Crippen LogP contribution in [0.5, 0.6) is 0 Å². The Kier molecular flexibility index (Phi) is 3.31. The van der Waals surface area contributed by atoms with Crippen LogP contribution < -0.4 is 0 Å². The smallest absolute Gasteiger partial charge is 0.329 e. The number of benzene rings is 1. The Labute approximate surface area is 136 Å². The number of carbonyl (C=O) groups is 1. The van der Waals surface area contributed by atoms with Crippen LogP contribution in [-0.4, -0.2) is 36.1 Å². The van der Waals surface area contributed by atoms with Crippen LogP contribution in [0.2, 0.25) is 0 Å². The summed E-state index contributed by atoms with van der Waals surface area (Å²) >= 11 is 0. The van der Waals surface area contributed by atoms with E-state index in [1.165, 1.54) is 23.8 Å². The molecule has 0 radical (unpaired) electrons. The van der Waals surface area contributed by atoms with Gasteiger partial charge in [-0.1, -0.05) is 29.8 Å². The second-order valence-corrected chi connectivity index (χ2v) is 6.60. The van der Waals surface area contributed by atoms with Gasteiger partial charge in [0.25, 0.3) is 0 Å². The molecule has 0 aliphatic carbocycles. The van der Waals surface area contributed by atoms with Crippen molar-refractivity contribution in [2.24, 2.45) is 5.92 Å². The number of fused-ring (bicyclic) bond motifs is 6. The highest BCUT2D eigenvalue weighted by Crippen LogP contribution is 2.49. The van der Waals surface area contributed by atoms with Crippen molar-refractivity contribution in [2.45, 2.75) is 25.4 Å². The fraction of sp³-hybridized carbons (Fsp3) is 0.421. The van der Waals surface area contributed by atoms with Gasteiger partial charge in [0, 0.05) is 23.7 Å². The van der Waals surface area contributed by atoms with Crippen LogP contribution in [0.25, 0.3) is 10.9 Å². The number of likely N-dealkylation sites (N-methyl/N-ethyl adjacent to an activating group) is 1. The molecule has 3 heterocycles. The van der Waals surface area contributed by atoms with Gasteiger partial charge in [-0.2, -0.15) is 0 Å². The molecule has 2 aliphatic heterocycles. The first-order chi connectivity index (χ1) is 11.2. The summed E-state index contributed by atoms with van der Waals surface area (Å²) in [6, 6.07) is 10.6. The van der Waals surface area contributed by atoms with Gasteiger partial charge in [0.1, 0.15) is 6.04 Å². The number of methoxy groups -OCH3 is 1. The summed E-state index contributed by atoms with van der Waals surface area (Å²) < 4.78 is 7.40. The number of aromatic nitrogens is 1. The van der Waals surface area contributed by atoms with E-state index in [9.17, 15) is 4.79 Å². The second kappa shape index (κ2) is 5.24. The first kappa shape index (κ1) is 14.5. The molecule has 2 bridgehead atoms. The van der Waals surface area contributed by atoms with Gasteiger partial charge in [0.15, 0.2) is 0 Å². The number of allylic oxidation sites excluding steroid dienone is 1. The third-order valence-electron chi connectivity index (χ3n) is 5.51. The largest absolute Gasteiger partial charge is 0.467 e. The molecule has 4 heteroatoms. The van der Waals surface area contributed by atoms with Gasteiger partial charge in [-0.3, -0.25) is 4.90 Å². The van der Waals surface area contributed by atoms with E-state index in [2.05, 4.69) is 53.8 Å². The molecule has 2 aromatic rings. The SMILES string of the molecule is C/C=C1/CN(C)[C@H]2C[C@@H]1[C@@H](C(=O)OC)n1c2cc2ccccc21. The third kappa shape index (κ3) is 1.98. The maximum Gasteiger partial charge on any atom is 0.329 e. The van der Waals surface area contributed by atoms with Crippen molar-refractivity contribution in [3.05, 3.63) is 47.7 Å². The van der Waals surface area contributed by atoms with Gasteiger partial charge in [0.2, 0.25) is 0 Å². The molecule has 4 rings (SSSR count). The van der Waals surface area contributed by atoms with Crippen LogP contribution in [0.1, 0.15) is 31.1 Å². The molecular formula is C19H22N2O2. The molecule has 1 aromatic carbocycles. The number of ether oxygens (including phenoxy) is 1. The van der Waals surface area contributed by atoms with Crippen LogP contribution in [0.3, 0.4) is 0 Å². The minimum absolute atomic E-state index is 0.139. The molecule has 1 aromatic heterocycles. The highest BCUT2D eigenvalue weighted by molar-refractivity contribution is 5.85. The van der Waals surface area contributed by atoms with E-state index in [1.807, 2.05) is 6.07 Å². The number of rotatable bonds is 1. The van der Waals surface area contributed by atoms with Crippen LogP contribution in [0, 0.1) is 5.92 Å². The number of hydrogen-bond donors (Lipinski definition) is 0. The first-order valence-electron chi connectivity index (χ1n) is 8.18. The van der Waals surface area contributed by atoms with Gasteiger partial charge in [-0.05, 0) is 37.9 Å². The highest BCUT2D eigenvalue weighted by Gasteiger charge is 2.46. The molecule has 4 nitrogen and oxygen atoms in total. The number of para-hydroxylation sites is 1. The Balaban J connectivity index is 2.00.